The summed E-state index contributed by atoms with van der Waals surface area (Å²) < 4.78 is 11.2. The van der Waals surface area contributed by atoms with E-state index in [4.69, 9.17) is 0 Å². The van der Waals surface area contributed by atoms with Crippen LogP contribution in [0.25, 0.3) is 0 Å². The summed E-state index contributed by atoms with van der Waals surface area (Å²) in [7, 11) is 1.33. The van der Waals surface area contributed by atoms with Crippen molar-refractivity contribution >= 4 is 10.8 Å². The van der Waals surface area contributed by atoms with Gasteiger partial charge in [0.05, 0.1) is 0 Å². The van der Waals surface area contributed by atoms with Crippen LogP contribution in [0.3, 0.4) is 0 Å². The van der Waals surface area contributed by atoms with Crippen molar-refractivity contribution in [3.8, 4) is 0 Å². The first-order valence-corrected chi connectivity index (χ1v) is 5.65. The van der Waals surface area contributed by atoms with E-state index in [0.717, 1.165) is 24.5 Å². The molecule has 0 radical (unpaired) electrons. The van der Waals surface area contributed by atoms with Gasteiger partial charge in [-0.15, -0.1) is 0 Å². The Morgan fingerprint density at radius 1 is 1.45 bits per heavy atom. The molecule has 0 saturated carbocycles. The second-order valence-electron chi connectivity index (χ2n) is 3.16. The minimum absolute atomic E-state index is 0.561. The minimum atomic E-state index is -0.592. The molecule has 0 spiro atoms. The van der Waals surface area contributed by atoms with Crippen molar-refractivity contribution in [2.75, 3.05) is 25.1 Å². The van der Waals surface area contributed by atoms with Crippen molar-refractivity contribution in [3.63, 3.8) is 0 Å². The molecule has 0 saturated heterocycles. The van der Waals surface area contributed by atoms with Gasteiger partial charge in [0.25, 0.3) is 0 Å². The third-order valence-corrected chi connectivity index (χ3v) is 3.10. The van der Waals surface area contributed by atoms with Crippen LogP contribution in [-0.2, 0) is 10.8 Å². The molecule has 1 atom stereocenters. The zero-order valence-electron chi connectivity index (χ0n) is 7.72. The summed E-state index contributed by atoms with van der Waals surface area (Å²) in [4.78, 5) is 0. The molecular formula is C8H19NOS. The predicted octanol–water partition coefficient (Wildman–Crippen LogP) is 1.00. The summed E-state index contributed by atoms with van der Waals surface area (Å²) in [5.74, 6) is 2.26. The summed E-state index contributed by atoms with van der Waals surface area (Å²) in [5, 5.41) is 3.04. The van der Waals surface area contributed by atoms with Gasteiger partial charge in [0.1, 0.15) is 0 Å². The third kappa shape index (κ3) is 8.01. The van der Waals surface area contributed by atoms with Crippen LogP contribution in [0.15, 0.2) is 0 Å². The second kappa shape index (κ2) is 6.80. The van der Waals surface area contributed by atoms with Crippen molar-refractivity contribution in [3.05, 3.63) is 0 Å². The van der Waals surface area contributed by atoms with Gasteiger partial charge in [0.2, 0.25) is 0 Å². The largest absolute Gasteiger partial charge is 0.320 e. The fraction of sp³-hybridized carbons (Fsp3) is 1.00. The monoisotopic (exact) mass is 177 g/mol. The summed E-state index contributed by atoms with van der Waals surface area (Å²) in [6.45, 7) is 5.19. The van der Waals surface area contributed by atoms with Crippen LogP contribution in [0, 0.1) is 5.92 Å². The van der Waals surface area contributed by atoms with Gasteiger partial charge in [-0.25, -0.2) is 0 Å². The molecule has 0 aliphatic carbocycles. The molecule has 0 aliphatic heterocycles. The lowest BCUT2D eigenvalue weighted by atomic mass is 10.3. The minimum Gasteiger partial charge on any atom is -0.320 e. The van der Waals surface area contributed by atoms with Crippen LogP contribution in [0.4, 0.5) is 0 Å². The van der Waals surface area contributed by atoms with Gasteiger partial charge >= 0.3 is 0 Å². The summed E-state index contributed by atoms with van der Waals surface area (Å²) >= 11 is 0. The molecule has 2 nitrogen and oxygen atoms in total. The SMILES string of the molecule is CNCCCS(=O)CC(C)C. The Kier molecular flexibility index (Phi) is 6.87. The molecule has 3 heteroatoms. The molecule has 0 aliphatic rings. The van der Waals surface area contributed by atoms with E-state index < -0.39 is 10.8 Å². The highest BCUT2D eigenvalue weighted by molar-refractivity contribution is 7.84. The smallest absolute Gasteiger partial charge is 0.0257 e. The molecule has 1 N–H and O–H groups in total. The number of hydrogen-bond donors (Lipinski definition) is 1. The molecule has 0 aromatic carbocycles. The van der Waals surface area contributed by atoms with E-state index in [0.29, 0.717) is 5.92 Å². The van der Waals surface area contributed by atoms with Crippen LogP contribution in [0.5, 0.6) is 0 Å². The van der Waals surface area contributed by atoms with Crippen molar-refractivity contribution < 1.29 is 4.21 Å². The number of nitrogens with one attached hydrogen (secondary N) is 1. The lowest BCUT2D eigenvalue weighted by Crippen LogP contribution is -2.14. The average Bonchev–Trinajstić information content (AvgIpc) is 1.86. The van der Waals surface area contributed by atoms with E-state index in [1.54, 1.807) is 0 Å². The Morgan fingerprint density at radius 3 is 2.55 bits per heavy atom. The molecule has 68 valence electrons. The lowest BCUT2D eigenvalue weighted by Gasteiger charge is -2.03. The van der Waals surface area contributed by atoms with Gasteiger partial charge in [0.15, 0.2) is 0 Å². The van der Waals surface area contributed by atoms with Crippen molar-refractivity contribution in [2.24, 2.45) is 5.92 Å². The van der Waals surface area contributed by atoms with Crippen molar-refractivity contribution in [1.29, 1.82) is 0 Å². The molecule has 0 fully saturated rings. The summed E-state index contributed by atoms with van der Waals surface area (Å²) in [6.07, 6.45) is 1.02. The molecule has 0 bridgehead atoms. The van der Waals surface area contributed by atoms with Crippen LogP contribution in [0.1, 0.15) is 20.3 Å². The van der Waals surface area contributed by atoms with E-state index in [-0.39, 0.29) is 0 Å². The Balaban J connectivity index is 3.23. The highest BCUT2D eigenvalue weighted by atomic mass is 32.2. The first-order valence-electron chi connectivity index (χ1n) is 4.16. The Labute approximate surface area is 72.2 Å². The number of hydrogen-bond acceptors (Lipinski definition) is 2. The Hall–Kier alpha value is 0.110. The van der Waals surface area contributed by atoms with E-state index >= 15 is 0 Å². The zero-order chi connectivity index (χ0) is 8.69. The molecule has 0 aromatic heterocycles. The highest BCUT2D eigenvalue weighted by Crippen LogP contribution is 1.96. The van der Waals surface area contributed by atoms with Crippen LogP contribution < -0.4 is 5.32 Å². The van der Waals surface area contributed by atoms with E-state index in [2.05, 4.69) is 19.2 Å². The topological polar surface area (TPSA) is 29.1 Å². The van der Waals surface area contributed by atoms with Gasteiger partial charge in [0, 0.05) is 22.3 Å². The first kappa shape index (κ1) is 11.1. The third-order valence-electron chi connectivity index (χ3n) is 1.32. The van der Waals surface area contributed by atoms with Gasteiger partial charge < -0.3 is 5.32 Å². The van der Waals surface area contributed by atoms with Crippen molar-refractivity contribution in [1.82, 2.24) is 5.32 Å². The standard InChI is InChI=1S/C8H19NOS/c1-8(2)7-11(10)6-4-5-9-3/h8-9H,4-7H2,1-3H3. The fourth-order valence-corrected chi connectivity index (χ4v) is 2.24. The lowest BCUT2D eigenvalue weighted by molar-refractivity contribution is 0.659. The zero-order valence-corrected chi connectivity index (χ0v) is 8.54. The second-order valence-corrected chi connectivity index (χ2v) is 4.78. The molecule has 0 amide bonds. The predicted molar refractivity (Wildman–Crippen MR) is 51.3 cm³/mol. The van der Waals surface area contributed by atoms with E-state index in [1.807, 2.05) is 7.05 Å². The fourth-order valence-electron chi connectivity index (χ4n) is 0.865. The number of rotatable bonds is 6. The van der Waals surface area contributed by atoms with Gasteiger partial charge in [-0.1, -0.05) is 13.8 Å². The van der Waals surface area contributed by atoms with E-state index in [1.165, 1.54) is 0 Å². The summed E-state index contributed by atoms with van der Waals surface area (Å²) in [6, 6.07) is 0. The molecule has 1 unspecified atom stereocenters. The van der Waals surface area contributed by atoms with Gasteiger partial charge in [-0.2, -0.15) is 0 Å². The quantitative estimate of drug-likeness (QED) is 0.613. The maximum absolute atomic E-state index is 11.2. The summed E-state index contributed by atoms with van der Waals surface area (Å²) in [5.41, 5.74) is 0. The van der Waals surface area contributed by atoms with E-state index in [9.17, 15) is 4.21 Å². The maximum atomic E-state index is 11.2. The van der Waals surface area contributed by atoms with Crippen LogP contribution >= 0.6 is 0 Å². The molecular weight excluding hydrogens is 158 g/mol. The molecule has 11 heavy (non-hydrogen) atoms. The Bertz CT molecular complexity index is 115. The average molecular weight is 177 g/mol. The van der Waals surface area contributed by atoms with Crippen LogP contribution in [0.2, 0.25) is 0 Å². The van der Waals surface area contributed by atoms with Gasteiger partial charge in [-0.05, 0) is 25.9 Å². The first-order chi connectivity index (χ1) is 5.16. The van der Waals surface area contributed by atoms with Crippen molar-refractivity contribution in [2.45, 2.75) is 20.3 Å². The molecule has 0 rings (SSSR count). The Morgan fingerprint density at radius 2 is 2.09 bits per heavy atom. The molecule has 0 aromatic rings. The normalized spacial score (nSPS) is 13.8. The highest BCUT2D eigenvalue weighted by Gasteiger charge is 2.01. The maximum Gasteiger partial charge on any atom is 0.0257 e. The molecule has 0 heterocycles. The van der Waals surface area contributed by atoms with Gasteiger partial charge in [-0.3, -0.25) is 4.21 Å². The van der Waals surface area contributed by atoms with Crippen LogP contribution in [-0.4, -0.2) is 29.3 Å².